The summed E-state index contributed by atoms with van der Waals surface area (Å²) in [6.07, 6.45) is -1.37. The van der Waals surface area contributed by atoms with E-state index in [2.05, 4.69) is 10.2 Å². The van der Waals surface area contributed by atoms with E-state index in [4.69, 9.17) is 9.47 Å². The number of hydrogen-bond donors (Lipinski definition) is 1. The van der Waals surface area contributed by atoms with Gasteiger partial charge < -0.3 is 14.8 Å². The van der Waals surface area contributed by atoms with E-state index in [0.717, 1.165) is 5.56 Å². The van der Waals surface area contributed by atoms with Crippen LogP contribution in [0.1, 0.15) is 31.7 Å². The standard InChI is InChI=1S/C17H20N2O7/c1-2-13(18-16(22)24-10-12-6-4-3-5-7-12)11-25-17(23)26-19-14(20)8-9-15(19)21/h3-7,13H,2,8-11H2,1H3,(H,18,22)/t13-/m1/s1. The van der Waals surface area contributed by atoms with Gasteiger partial charge in [0.15, 0.2) is 0 Å². The van der Waals surface area contributed by atoms with Gasteiger partial charge in [0.25, 0.3) is 11.8 Å². The van der Waals surface area contributed by atoms with Crippen molar-refractivity contribution in [1.82, 2.24) is 10.4 Å². The van der Waals surface area contributed by atoms with Crippen LogP contribution in [0.4, 0.5) is 9.59 Å². The van der Waals surface area contributed by atoms with Crippen molar-refractivity contribution < 1.29 is 33.5 Å². The zero-order valence-electron chi connectivity index (χ0n) is 14.3. The highest BCUT2D eigenvalue weighted by atomic mass is 16.8. The second-order valence-electron chi connectivity index (χ2n) is 5.55. The molecular formula is C17H20N2O7. The predicted molar refractivity (Wildman–Crippen MR) is 87.4 cm³/mol. The molecule has 9 nitrogen and oxygen atoms in total. The number of nitrogens with one attached hydrogen (secondary N) is 1. The Morgan fingerprint density at radius 1 is 1.12 bits per heavy atom. The summed E-state index contributed by atoms with van der Waals surface area (Å²) >= 11 is 0. The van der Waals surface area contributed by atoms with Crippen LogP contribution in [-0.2, 0) is 30.5 Å². The summed E-state index contributed by atoms with van der Waals surface area (Å²) in [5, 5.41) is 2.96. The fourth-order valence-corrected chi connectivity index (χ4v) is 2.12. The Kier molecular flexibility index (Phi) is 6.95. The van der Waals surface area contributed by atoms with Crippen molar-refractivity contribution in [1.29, 1.82) is 0 Å². The van der Waals surface area contributed by atoms with Crippen molar-refractivity contribution in [2.45, 2.75) is 38.8 Å². The Balaban J connectivity index is 1.71. The number of hydrogen-bond acceptors (Lipinski definition) is 7. The number of carbonyl (C=O) groups is 4. The van der Waals surface area contributed by atoms with Crippen molar-refractivity contribution in [3.05, 3.63) is 35.9 Å². The zero-order valence-corrected chi connectivity index (χ0v) is 14.3. The number of imide groups is 1. The monoisotopic (exact) mass is 364 g/mol. The van der Waals surface area contributed by atoms with Gasteiger partial charge in [-0.05, 0) is 12.0 Å². The van der Waals surface area contributed by atoms with Gasteiger partial charge in [0.2, 0.25) is 0 Å². The van der Waals surface area contributed by atoms with Crippen molar-refractivity contribution in [2.75, 3.05) is 6.61 Å². The molecule has 0 saturated carbocycles. The molecule has 0 bridgehead atoms. The maximum atomic E-state index is 11.8. The molecule has 1 heterocycles. The van der Waals surface area contributed by atoms with Gasteiger partial charge in [-0.2, -0.15) is 0 Å². The molecule has 3 amide bonds. The molecule has 26 heavy (non-hydrogen) atoms. The van der Waals surface area contributed by atoms with Crippen LogP contribution < -0.4 is 5.32 Å². The van der Waals surface area contributed by atoms with E-state index in [0.29, 0.717) is 11.5 Å². The molecule has 0 unspecified atom stereocenters. The molecule has 0 spiro atoms. The Bertz CT molecular complexity index is 646. The molecule has 9 heteroatoms. The number of amides is 3. The number of nitrogens with zero attached hydrogens (tertiary/aromatic N) is 1. The quantitative estimate of drug-likeness (QED) is 0.581. The summed E-state index contributed by atoms with van der Waals surface area (Å²) in [5.41, 5.74) is 0.843. The lowest BCUT2D eigenvalue weighted by molar-refractivity contribution is -0.177. The van der Waals surface area contributed by atoms with E-state index >= 15 is 0 Å². The van der Waals surface area contributed by atoms with Crippen LogP contribution in [0.3, 0.4) is 0 Å². The first-order valence-corrected chi connectivity index (χ1v) is 8.17. The molecular weight excluding hydrogens is 344 g/mol. The highest BCUT2D eigenvalue weighted by molar-refractivity contribution is 6.01. The lowest BCUT2D eigenvalue weighted by Gasteiger charge is -2.18. The van der Waals surface area contributed by atoms with Gasteiger partial charge in [0.1, 0.15) is 13.2 Å². The average molecular weight is 364 g/mol. The minimum Gasteiger partial charge on any atom is -0.445 e. The largest absolute Gasteiger partial charge is 0.534 e. The highest BCUT2D eigenvalue weighted by Gasteiger charge is 2.33. The maximum absolute atomic E-state index is 11.8. The maximum Gasteiger partial charge on any atom is 0.534 e. The number of carbonyl (C=O) groups excluding carboxylic acids is 4. The molecule has 0 aromatic heterocycles. The van der Waals surface area contributed by atoms with E-state index in [1.165, 1.54) is 0 Å². The van der Waals surface area contributed by atoms with Crippen molar-refractivity contribution in [3.63, 3.8) is 0 Å². The molecule has 2 rings (SSSR count). The molecule has 1 aromatic carbocycles. The minimum absolute atomic E-state index is 0.00148. The normalized spacial score (nSPS) is 14.7. The van der Waals surface area contributed by atoms with Gasteiger partial charge in [0.05, 0.1) is 6.04 Å². The average Bonchev–Trinajstić information content (AvgIpc) is 2.96. The summed E-state index contributed by atoms with van der Waals surface area (Å²) in [6, 6.07) is 8.67. The molecule has 0 aliphatic carbocycles. The van der Waals surface area contributed by atoms with Gasteiger partial charge in [-0.25, -0.2) is 9.59 Å². The Morgan fingerprint density at radius 2 is 1.77 bits per heavy atom. The molecule has 1 aromatic rings. The second-order valence-corrected chi connectivity index (χ2v) is 5.55. The Hall–Kier alpha value is -3.10. The number of benzene rings is 1. The van der Waals surface area contributed by atoms with Gasteiger partial charge in [0, 0.05) is 12.8 Å². The van der Waals surface area contributed by atoms with E-state index in [9.17, 15) is 19.2 Å². The van der Waals surface area contributed by atoms with E-state index in [1.54, 1.807) is 6.92 Å². The Morgan fingerprint density at radius 3 is 2.38 bits per heavy atom. The summed E-state index contributed by atoms with van der Waals surface area (Å²) in [7, 11) is 0. The first kappa shape index (κ1) is 19.2. The van der Waals surface area contributed by atoms with Gasteiger partial charge in [-0.3, -0.25) is 14.4 Å². The molecule has 140 valence electrons. The van der Waals surface area contributed by atoms with E-state index < -0.39 is 30.1 Å². The summed E-state index contributed by atoms with van der Waals surface area (Å²) < 4.78 is 9.92. The third kappa shape index (κ3) is 5.76. The molecule has 1 aliphatic heterocycles. The number of ether oxygens (including phenoxy) is 2. The number of rotatable bonds is 7. The van der Waals surface area contributed by atoms with Gasteiger partial charge in [-0.15, -0.1) is 0 Å². The molecule has 1 atom stereocenters. The van der Waals surface area contributed by atoms with Crippen molar-refractivity contribution in [2.24, 2.45) is 0 Å². The zero-order chi connectivity index (χ0) is 18.9. The third-order valence-corrected chi connectivity index (χ3v) is 3.60. The fraction of sp³-hybridized carbons (Fsp3) is 0.412. The van der Waals surface area contributed by atoms with Crippen LogP contribution in [0.15, 0.2) is 30.3 Å². The third-order valence-electron chi connectivity index (χ3n) is 3.60. The van der Waals surface area contributed by atoms with Crippen LogP contribution in [0.2, 0.25) is 0 Å². The number of hydroxylamine groups is 2. The smallest absolute Gasteiger partial charge is 0.445 e. The first-order chi connectivity index (χ1) is 12.5. The van der Waals surface area contributed by atoms with E-state index in [-0.39, 0.29) is 26.1 Å². The van der Waals surface area contributed by atoms with Crippen LogP contribution in [0, 0.1) is 0 Å². The van der Waals surface area contributed by atoms with Crippen molar-refractivity contribution in [3.8, 4) is 0 Å². The molecule has 1 aliphatic rings. The number of alkyl carbamates (subject to hydrolysis) is 1. The second kappa shape index (κ2) is 9.40. The van der Waals surface area contributed by atoms with E-state index in [1.807, 2.05) is 30.3 Å². The molecule has 1 N–H and O–H groups in total. The fourth-order valence-electron chi connectivity index (χ4n) is 2.12. The molecule has 1 saturated heterocycles. The molecule has 0 radical (unpaired) electrons. The summed E-state index contributed by atoms with van der Waals surface area (Å²) in [5.74, 6) is -1.19. The summed E-state index contributed by atoms with van der Waals surface area (Å²) in [6.45, 7) is 1.71. The van der Waals surface area contributed by atoms with Crippen molar-refractivity contribution >= 4 is 24.1 Å². The van der Waals surface area contributed by atoms with Gasteiger partial charge in [-0.1, -0.05) is 42.3 Å². The summed E-state index contributed by atoms with van der Waals surface area (Å²) in [4.78, 5) is 50.6. The SMILES string of the molecule is CC[C@H](COC(=O)ON1C(=O)CCC1=O)NC(=O)OCc1ccccc1. The Labute approximate surface area is 150 Å². The van der Waals surface area contributed by atoms with Crippen LogP contribution in [0.25, 0.3) is 0 Å². The lowest BCUT2D eigenvalue weighted by atomic mass is 10.2. The van der Waals surface area contributed by atoms with Crippen LogP contribution >= 0.6 is 0 Å². The highest BCUT2D eigenvalue weighted by Crippen LogP contribution is 2.12. The van der Waals surface area contributed by atoms with Gasteiger partial charge >= 0.3 is 12.2 Å². The topological polar surface area (TPSA) is 111 Å². The van der Waals surface area contributed by atoms with Crippen LogP contribution in [0.5, 0.6) is 0 Å². The lowest BCUT2D eigenvalue weighted by Crippen LogP contribution is -2.39. The minimum atomic E-state index is -1.19. The first-order valence-electron chi connectivity index (χ1n) is 8.17. The predicted octanol–water partition coefficient (Wildman–Crippen LogP) is 1.91. The molecule has 1 fully saturated rings. The van der Waals surface area contributed by atoms with Crippen LogP contribution in [-0.4, -0.2) is 41.8 Å².